The van der Waals surface area contributed by atoms with Crippen LogP contribution in [0.15, 0.2) is 24.3 Å². The maximum absolute atomic E-state index is 9.19. The lowest BCUT2D eigenvalue weighted by Gasteiger charge is -2.42. The summed E-state index contributed by atoms with van der Waals surface area (Å²) < 4.78 is 11.6. The molecule has 0 aromatic heterocycles. The summed E-state index contributed by atoms with van der Waals surface area (Å²) in [6.07, 6.45) is 1.76. The van der Waals surface area contributed by atoms with Gasteiger partial charge in [0.2, 0.25) is 0 Å². The molecule has 1 heterocycles. The van der Waals surface area contributed by atoms with Crippen molar-refractivity contribution in [2.45, 2.75) is 38.6 Å². The third-order valence-corrected chi connectivity index (χ3v) is 3.71. The Balaban J connectivity index is 2.09. The Morgan fingerprint density at radius 1 is 1.25 bits per heavy atom. The van der Waals surface area contributed by atoms with Gasteiger partial charge >= 0.3 is 0 Å². The molecule has 4 nitrogen and oxygen atoms in total. The van der Waals surface area contributed by atoms with Gasteiger partial charge in [0.1, 0.15) is 6.07 Å². The average Bonchev–Trinajstić information content (AvgIpc) is 2.47. The fourth-order valence-electron chi connectivity index (χ4n) is 2.73. The van der Waals surface area contributed by atoms with Gasteiger partial charge in [-0.3, -0.25) is 0 Å². The average molecular weight is 274 g/mol. The molecular formula is C16H22N2O2. The normalized spacial score (nSPS) is 18.1. The number of nitrogens with zero attached hydrogens (tertiary/aromatic N) is 2. The number of para-hydroxylation sites is 1. The number of hydrogen-bond donors (Lipinski definition) is 0. The smallest absolute Gasteiger partial charge is 0.171 e. The molecule has 4 heteroatoms. The molecule has 20 heavy (non-hydrogen) atoms. The van der Waals surface area contributed by atoms with E-state index in [1.165, 1.54) is 0 Å². The Kier molecular flexibility index (Phi) is 4.64. The van der Waals surface area contributed by atoms with E-state index in [1.807, 2.05) is 38.1 Å². The van der Waals surface area contributed by atoms with Crippen LogP contribution in [0.25, 0.3) is 0 Å². The van der Waals surface area contributed by atoms with E-state index in [9.17, 15) is 5.26 Å². The van der Waals surface area contributed by atoms with Crippen LogP contribution in [0.1, 0.15) is 32.3 Å². The van der Waals surface area contributed by atoms with Crippen LogP contribution in [0.5, 0.6) is 0 Å². The van der Waals surface area contributed by atoms with Gasteiger partial charge in [-0.2, -0.15) is 5.26 Å². The molecule has 0 spiro atoms. The maximum Gasteiger partial charge on any atom is 0.171 e. The van der Waals surface area contributed by atoms with Crippen molar-refractivity contribution in [3.05, 3.63) is 29.8 Å². The fraction of sp³-hybridized carbons (Fsp3) is 0.562. The molecule has 0 aliphatic carbocycles. The SMILES string of the molecule is COC1(OC(C)C)CCN(c2ccccc2C#N)CC1. The Hall–Kier alpha value is -1.57. The van der Waals surface area contributed by atoms with Crippen LogP contribution in [0.2, 0.25) is 0 Å². The van der Waals surface area contributed by atoms with Gasteiger partial charge in [-0.1, -0.05) is 12.1 Å². The van der Waals surface area contributed by atoms with E-state index >= 15 is 0 Å². The molecule has 1 aromatic carbocycles. The molecule has 1 aromatic rings. The summed E-state index contributed by atoms with van der Waals surface area (Å²) >= 11 is 0. The molecule has 0 amide bonds. The van der Waals surface area contributed by atoms with Gasteiger partial charge in [0, 0.05) is 33.0 Å². The van der Waals surface area contributed by atoms with Crippen molar-refractivity contribution in [3.8, 4) is 6.07 Å². The van der Waals surface area contributed by atoms with Gasteiger partial charge in [-0.25, -0.2) is 0 Å². The lowest BCUT2D eigenvalue weighted by atomic mass is 10.0. The van der Waals surface area contributed by atoms with E-state index in [1.54, 1.807) is 7.11 Å². The second-order valence-electron chi connectivity index (χ2n) is 5.40. The molecule has 108 valence electrons. The van der Waals surface area contributed by atoms with E-state index in [0.717, 1.165) is 37.2 Å². The summed E-state index contributed by atoms with van der Waals surface area (Å²) in [5.74, 6) is -0.480. The minimum atomic E-state index is -0.480. The van der Waals surface area contributed by atoms with E-state index in [-0.39, 0.29) is 6.10 Å². The van der Waals surface area contributed by atoms with Crippen molar-refractivity contribution in [2.75, 3.05) is 25.1 Å². The highest BCUT2D eigenvalue weighted by molar-refractivity contribution is 5.59. The Bertz CT molecular complexity index is 485. The van der Waals surface area contributed by atoms with Crippen molar-refractivity contribution < 1.29 is 9.47 Å². The minimum Gasteiger partial charge on any atom is -0.370 e. The van der Waals surface area contributed by atoms with Crippen LogP contribution in [0.4, 0.5) is 5.69 Å². The quantitative estimate of drug-likeness (QED) is 0.792. The Morgan fingerprint density at radius 2 is 1.90 bits per heavy atom. The summed E-state index contributed by atoms with van der Waals surface area (Å²) in [6.45, 7) is 5.72. The Morgan fingerprint density at radius 3 is 2.45 bits per heavy atom. The highest BCUT2D eigenvalue weighted by Crippen LogP contribution is 2.32. The van der Waals surface area contributed by atoms with Gasteiger partial charge < -0.3 is 14.4 Å². The molecule has 1 fully saturated rings. The second kappa shape index (κ2) is 6.25. The first-order chi connectivity index (χ1) is 9.60. The van der Waals surface area contributed by atoms with Gasteiger partial charge in [0.25, 0.3) is 0 Å². The first-order valence-electron chi connectivity index (χ1n) is 7.07. The van der Waals surface area contributed by atoms with Crippen molar-refractivity contribution in [1.82, 2.24) is 0 Å². The van der Waals surface area contributed by atoms with Crippen molar-refractivity contribution in [1.29, 1.82) is 5.26 Å². The van der Waals surface area contributed by atoms with Gasteiger partial charge in [0.05, 0.1) is 17.4 Å². The first kappa shape index (κ1) is 14.8. The number of piperidine rings is 1. The number of nitriles is 1. The molecule has 1 saturated heterocycles. The van der Waals surface area contributed by atoms with Crippen LogP contribution in [0.3, 0.4) is 0 Å². The monoisotopic (exact) mass is 274 g/mol. The molecule has 0 N–H and O–H groups in total. The van der Waals surface area contributed by atoms with Crippen molar-refractivity contribution in [2.24, 2.45) is 0 Å². The molecule has 2 rings (SSSR count). The number of anilines is 1. The third-order valence-electron chi connectivity index (χ3n) is 3.71. The number of rotatable bonds is 4. The highest BCUT2D eigenvalue weighted by atomic mass is 16.7. The zero-order valence-electron chi connectivity index (χ0n) is 12.4. The van der Waals surface area contributed by atoms with Crippen LogP contribution >= 0.6 is 0 Å². The van der Waals surface area contributed by atoms with Gasteiger partial charge in [0.15, 0.2) is 5.79 Å². The third kappa shape index (κ3) is 3.12. The highest BCUT2D eigenvalue weighted by Gasteiger charge is 2.36. The predicted octanol–water partition coefficient (Wildman–Crippen LogP) is 2.93. The molecular weight excluding hydrogens is 252 g/mol. The van der Waals surface area contributed by atoms with Crippen LogP contribution in [-0.2, 0) is 9.47 Å². The molecule has 0 bridgehead atoms. The zero-order valence-corrected chi connectivity index (χ0v) is 12.4. The molecule has 0 atom stereocenters. The summed E-state index contributed by atoms with van der Waals surface area (Å²) in [7, 11) is 1.71. The predicted molar refractivity (Wildman–Crippen MR) is 78.6 cm³/mol. The molecule has 1 aliphatic rings. The van der Waals surface area contributed by atoms with Crippen LogP contribution < -0.4 is 4.90 Å². The zero-order chi connectivity index (χ0) is 14.6. The summed E-state index contributed by atoms with van der Waals surface area (Å²) in [5.41, 5.74) is 1.73. The number of methoxy groups -OCH3 is 1. The molecule has 1 aliphatic heterocycles. The topological polar surface area (TPSA) is 45.5 Å². The number of ether oxygens (including phenoxy) is 2. The summed E-state index contributed by atoms with van der Waals surface area (Å²) in [4.78, 5) is 2.24. The number of hydrogen-bond acceptors (Lipinski definition) is 4. The minimum absolute atomic E-state index is 0.146. The second-order valence-corrected chi connectivity index (χ2v) is 5.40. The first-order valence-corrected chi connectivity index (χ1v) is 7.07. The van der Waals surface area contributed by atoms with Crippen LogP contribution in [0, 0.1) is 11.3 Å². The molecule has 0 unspecified atom stereocenters. The van der Waals surface area contributed by atoms with Crippen LogP contribution in [-0.4, -0.2) is 32.1 Å². The lowest BCUT2D eigenvalue weighted by molar-refractivity contribution is -0.249. The van der Waals surface area contributed by atoms with E-state index in [4.69, 9.17) is 9.47 Å². The fourth-order valence-corrected chi connectivity index (χ4v) is 2.73. The van der Waals surface area contributed by atoms with Gasteiger partial charge in [-0.15, -0.1) is 0 Å². The largest absolute Gasteiger partial charge is 0.370 e. The standard InChI is InChI=1S/C16H22N2O2/c1-13(2)20-16(19-3)8-10-18(11-9-16)15-7-5-4-6-14(15)12-17/h4-7,13H,8-11H2,1-3H3. The van der Waals surface area contributed by atoms with E-state index < -0.39 is 5.79 Å². The summed E-state index contributed by atoms with van der Waals surface area (Å²) in [6, 6.07) is 9.98. The van der Waals surface area contributed by atoms with E-state index in [2.05, 4.69) is 11.0 Å². The molecule has 0 radical (unpaired) electrons. The molecule has 0 saturated carbocycles. The Labute approximate surface area is 120 Å². The van der Waals surface area contributed by atoms with E-state index in [0.29, 0.717) is 0 Å². The lowest BCUT2D eigenvalue weighted by Crippen LogP contribution is -2.48. The van der Waals surface area contributed by atoms with Crippen molar-refractivity contribution in [3.63, 3.8) is 0 Å². The van der Waals surface area contributed by atoms with Gasteiger partial charge in [-0.05, 0) is 26.0 Å². The number of benzene rings is 1. The maximum atomic E-state index is 9.19. The summed E-state index contributed by atoms with van der Waals surface area (Å²) in [5, 5.41) is 9.19. The van der Waals surface area contributed by atoms with Crippen molar-refractivity contribution >= 4 is 5.69 Å².